The van der Waals surface area contributed by atoms with Crippen molar-refractivity contribution in [1.29, 1.82) is 0 Å². The molecule has 0 amide bonds. The largest absolute Gasteiger partial charge is 1.00 e. The molecule has 0 saturated heterocycles. The van der Waals surface area contributed by atoms with Crippen LogP contribution in [0.1, 0.15) is 0 Å². The predicted octanol–water partition coefficient (Wildman–Crippen LogP) is -15.0. The molecule has 0 unspecified atom stereocenters. The zero-order valence-corrected chi connectivity index (χ0v) is 24.3. The van der Waals surface area contributed by atoms with Crippen molar-refractivity contribution < 1.29 is 214 Å². The molecule has 0 aromatic heterocycles. The van der Waals surface area contributed by atoms with Gasteiger partial charge in [0.1, 0.15) is 0 Å². The molecule has 0 aromatic carbocycles. The van der Waals surface area contributed by atoms with Crippen LogP contribution in [0.5, 0.6) is 0 Å². The Balaban J connectivity index is -0.0000000129. The second kappa shape index (κ2) is 27.0. The molecule has 0 bridgehead atoms. The van der Waals surface area contributed by atoms with Crippen molar-refractivity contribution in [2.24, 2.45) is 0 Å². The Morgan fingerprint density at radius 3 is 0.571 bits per heavy atom. The molecule has 0 saturated carbocycles. The first-order chi connectivity index (χ1) is 6.00. The summed E-state index contributed by atoms with van der Waals surface area (Å²) in [6.45, 7) is 0. The van der Waals surface area contributed by atoms with Crippen LogP contribution in [0.2, 0.25) is 0 Å². The molecule has 0 spiro atoms. The third kappa shape index (κ3) is 559. The fourth-order valence-electron chi connectivity index (χ4n) is 0. The summed E-state index contributed by atoms with van der Waals surface area (Å²) < 4.78 is 99.7. The van der Waals surface area contributed by atoms with E-state index in [-0.39, 0.29) is 174 Å². The molecule has 0 aliphatic heterocycles. The molecule has 8 N–H and O–H groups in total. The number of hydrogen-bond acceptors (Lipinski definition) is 12. The van der Waals surface area contributed by atoms with Gasteiger partial charge in [-0.25, -0.2) is 0 Å². The van der Waals surface area contributed by atoms with Gasteiger partial charge < -0.3 is 30.5 Å². The summed E-state index contributed by atoms with van der Waals surface area (Å²) in [4.78, 5) is 0. The van der Waals surface area contributed by atoms with Crippen molar-refractivity contribution in [2.75, 3.05) is 0 Å². The van der Waals surface area contributed by atoms with Crippen molar-refractivity contribution in [3.05, 3.63) is 0 Å². The molecule has 21 heavy (non-hydrogen) atoms. The van der Waals surface area contributed by atoms with Gasteiger partial charge in [-0.2, -0.15) is 8.42 Å². The van der Waals surface area contributed by atoms with Crippen LogP contribution in [0.3, 0.4) is 0 Å². The zero-order chi connectivity index (χ0) is 13.5. The van der Waals surface area contributed by atoms with Crippen LogP contribution in [0.15, 0.2) is 0 Å². The van der Waals surface area contributed by atoms with E-state index in [0.717, 1.165) is 0 Å². The topological polar surface area (TPSA) is 305 Å². The van der Waals surface area contributed by atoms with Crippen LogP contribution >= 0.6 is 0 Å². The SMILES string of the molecule is N.N.O=S(=O)(O)O.O=S(=O)([O-])[O-].O=S(=O)([O-])[O-].[K+].[K+].[Na+].[Na+]. The maximum atomic E-state index is 8.74. The van der Waals surface area contributed by atoms with E-state index >= 15 is 0 Å². The molecule has 0 aliphatic carbocycles. The molecular weight excluding hydrogens is 440 g/mol. The third-order valence-corrected chi connectivity index (χ3v) is 0. The van der Waals surface area contributed by atoms with Crippen LogP contribution < -0.4 is 174 Å². The summed E-state index contributed by atoms with van der Waals surface area (Å²) in [6.07, 6.45) is 0. The van der Waals surface area contributed by atoms with Crippen molar-refractivity contribution >= 4 is 31.2 Å². The Labute approximate surface area is 251 Å². The van der Waals surface area contributed by atoms with E-state index < -0.39 is 31.2 Å². The van der Waals surface area contributed by atoms with E-state index in [4.69, 9.17) is 52.6 Å². The average Bonchev–Trinajstić information content (AvgIpc) is 1.41. The Kier molecular flexibility index (Phi) is 72.4. The Bertz CT molecular complexity index is 359. The summed E-state index contributed by atoms with van der Waals surface area (Å²) in [5.41, 5.74) is 0. The van der Waals surface area contributed by atoms with E-state index in [2.05, 4.69) is 0 Å². The molecule has 0 fully saturated rings. The first-order valence-electron chi connectivity index (χ1n) is 2.03. The first-order valence-corrected chi connectivity index (χ1v) is 6.10. The first kappa shape index (κ1) is 56.2. The van der Waals surface area contributed by atoms with Crippen LogP contribution in [0, 0.1) is 0 Å². The van der Waals surface area contributed by atoms with E-state index in [1.54, 1.807) is 0 Å². The second-order valence-electron chi connectivity index (χ2n) is 1.26. The molecule has 14 nitrogen and oxygen atoms in total. The van der Waals surface area contributed by atoms with Gasteiger partial charge in [0.15, 0.2) is 0 Å². The van der Waals surface area contributed by atoms with Gasteiger partial charge in [0.05, 0.1) is 0 Å². The van der Waals surface area contributed by atoms with Gasteiger partial charge in [-0.05, 0) is 0 Å². The molecule has 0 atom stereocenters. The fraction of sp³-hybridized carbons (Fsp3) is 0. The van der Waals surface area contributed by atoms with Crippen LogP contribution in [0.4, 0.5) is 0 Å². The Morgan fingerprint density at radius 1 is 0.571 bits per heavy atom. The van der Waals surface area contributed by atoms with E-state index in [1.165, 1.54) is 0 Å². The maximum absolute atomic E-state index is 8.74. The predicted molar refractivity (Wildman–Crippen MR) is 45.2 cm³/mol. The molecule has 112 valence electrons. The van der Waals surface area contributed by atoms with Gasteiger partial charge in [-0.1, -0.05) is 0 Å². The minimum Gasteiger partial charge on any atom is -0.759 e. The van der Waals surface area contributed by atoms with E-state index in [9.17, 15) is 0 Å². The number of rotatable bonds is 0. The normalized spacial score (nSPS) is 8.29. The molecule has 0 aliphatic rings. The number of hydrogen-bond donors (Lipinski definition) is 4. The summed E-state index contributed by atoms with van der Waals surface area (Å²) in [5, 5.41) is 0. The van der Waals surface area contributed by atoms with Crippen molar-refractivity contribution in [1.82, 2.24) is 12.3 Å². The Morgan fingerprint density at radius 2 is 0.571 bits per heavy atom. The summed E-state index contributed by atoms with van der Waals surface area (Å²) in [5.74, 6) is 0. The van der Waals surface area contributed by atoms with E-state index in [1.807, 2.05) is 0 Å². The quantitative estimate of drug-likeness (QED) is 0.152. The molecular formula is H8K2N2Na2O12S3. The standard InChI is InChI=1S/2K.2H3N.2Na.3H2O4S/c;;;;;;3*1-5(2,3)4/h;;2*1H3;;;3*(H2,1,2,3,4)/q2*+1;;;2*+1;;;/p-4. The Hall–Kier alpha value is 4.80. The van der Waals surface area contributed by atoms with Gasteiger partial charge in [-0.3, -0.25) is 25.9 Å². The summed E-state index contributed by atoms with van der Waals surface area (Å²) in [7, 11) is -15.0. The second-order valence-corrected chi connectivity index (χ2v) is 3.79. The van der Waals surface area contributed by atoms with Gasteiger partial charge in [0.2, 0.25) is 0 Å². The summed E-state index contributed by atoms with van der Waals surface area (Å²) >= 11 is 0. The molecule has 0 radical (unpaired) electrons. The minimum atomic E-state index is -5.17. The summed E-state index contributed by atoms with van der Waals surface area (Å²) in [6, 6.07) is 0. The monoisotopic (exact) mass is 448 g/mol. The van der Waals surface area contributed by atoms with Crippen LogP contribution in [0.25, 0.3) is 0 Å². The molecule has 0 aromatic rings. The third-order valence-electron chi connectivity index (χ3n) is 0. The molecule has 0 rings (SSSR count). The van der Waals surface area contributed by atoms with Crippen LogP contribution in [-0.4, -0.2) is 52.6 Å². The van der Waals surface area contributed by atoms with Gasteiger partial charge >= 0.3 is 172 Å². The smallest absolute Gasteiger partial charge is 0.759 e. The van der Waals surface area contributed by atoms with Crippen molar-refractivity contribution in [3.63, 3.8) is 0 Å². The van der Waals surface area contributed by atoms with Crippen molar-refractivity contribution in [3.8, 4) is 0 Å². The van der Waals surface area contributed by atoms with Gasteiger partial charge in [-0.15, -0.1) is 0 Å². The molecule has 0 heterocycles. The maximum Gasteiger partial charge on any atom is 1.00 e. The van der Waals surface area contributed by atoms with Gasteiger partial charge in [0.25, 0.3) is 0 Å². The van der Waals surface area contributed by atoms with Crippen LogP contribution in [-0.2, 0) is 31.2 Å². The van der Waals surface area contributed by atoms with Gasteiger partial charge in [0, 0.05) is 20.8 Å². The fourth-order valence-corrected chi connectivity index (χ4v) is 0. The van der Waals surface area contributed by atoms with Crippen molar-refractivity contribution in [2.45, 2.75) is 0 Å². The molecule has 21 heteroatoms. The minimum absolute atomic E-state index is 0. The van der Waals surface area contributed by atoms with E-state index in [0.29, 0.717) is 0 Å². The zero-order valence-electron chi connectivity index (χ0n) is 11.6. The average molecular weight is 448 g/mol.